The van der Waals surface area contributed by atoms with Crippen LogP contribution in [0.1, 0.15) is 16.1 Å². The number of rotatable bonds is 8. The molecule has 0 aliphatic rings. The van der Waals surface area contributed by atoms with Gasteiger partial charge in [0, 0.05) is 6.42 Å². The lowest BCUT2D eigenvalue weighted by Crippen LogP contribution is -2.44. The summed E-state index contributed by atoms with van der Waals surface area (Å²) >= 11 is 0. The molecule has 1 aromatic carbocycles. The SMILES string of the molecule is COC(=O)[C@@H](Cc1ccccc1)NC(=O)COC(=O)c1ccc([N+](=O)[O-])o1. The number of nitro groups is 1. The fourth-order valence-electron chi connectivity index (χ4n) is 2.16. The number of methoxy groups -OCH3 is 1. The van der Waals surface area contributed by atoms with Gasteiger partial charge in [-0.1, -0.05) is 30.3 Å². The molecule has 0 bridgehead atoms. The Morgan fingerprint density at radius 3 is 2.48 bits per heavy atom. The van der Waals surface area contributed by atoms with E-state index in [1.54, 1.807) is 24.3 Å². The Bertz CT molecular complexity index is 830. The van der Waals surface area contributed by atoms with Gasteiger partial charge in [-0.2, -0.15) is 0 Å². The van der Waals surface area contributed by atoms with Crippen molar-refractivity contribution in [3.05, 3.63) is 63.9 Å². The van der Waals surface area contributed by atoms with Crippen molar-refractivity contribution in [1.82, 2.24) is 5.32 Å². The first-order valence-electron chi connectivity index (χ1n) is 7.73. The largest absolute Gasteiger partial charge is 0.467 e. The smallest absolute Gasteiger partial charge is 0.433 e. The predicted molar refractivity (Wildman–Crippen MR) is 89.7 cm³/mol. The van der Waals surface area contributed by atoms with Crippen LogP contribution in [-0.2, 0) is 25.5 Å². The Kier molecular flexibility index (Phi) is 6.64. The second-order valence-corrected chi connectivity index (χ2v) is 5.30. The summed E-state index contributed by atoms with van der Waals surface area (Å²) in [7, 11) is 1.19. The molecule has 0 aliphatic heterocycles. The van der Waals surface area contributed by atoms with Gasteiger partial charge in [0.25, 0.3) is 5.91 Å². The van der Waals surface area contributed by atoms with Crippen LogP contribution in [0.25, 0.3) is 0 Å². The Morgan fingerprint density at radius 2 is 1.89 bits per heavy atom. The molecule has 0 saturated carbocycles. The van der Waals surface area contributed by atoms with E-state index in [1.807, 2.05) is 6.07 Å². The van der Waals surface area contributed by atoms with E-state index in [0.29, 0.717) is 0 Å². The second kappa shape index (κ2) is 9.13. The molecule has 0 saturated heterocycles. The van der Waals surface area contributed by atoms with E-state index in [4.69, 9.17) is 4.74 Å². The van der Waals surface area contributed by atoms with Gasteiger partial charge in [0.15, 0.2) is 6.61 Å². The van der Waals surface area contributed by atoms with Gasteiger partial charge < -0.3 is 19.2 Å². The van der Waals surface area contributed by atoms with E-state index in [0.717, 1.165) is 17.7 Å². The van der Waals surface area contributed by atoms with Crippen LogP contribution in [0.5, 0.6) is 0 Å². The molecule has 2 rings (SSSR count). The molecule has 0 aliphatic carbocycles. The van der Waals surface area contributed by atoms with Crippen molar-refractivity contribution in [2.75, 3.05) is 13.7 Å². The lowest BCUT2D eigenvalue weighted by Gasteiger charge is -2.16. The quantitative estimate of drug-likeness (QED) is 0.413. The third-order valence-corrected chi connectivity index (χ3v) is 3.41. The molecule has 0 fully saturated rings. The molecular weight excluding hydrogens is 360 g/mol. The van der Waals surface area contributed by atoms with Crippen LogP contribution in [0.3, 0.4) is 0 Å². The standard InChI is InChI=1S/C17H16N2O8/c1-25-16(21)12(9-11-5-3-2-4-6-11)18-14(20)10-26-17(22)13-7-8-15(27-13)19(23)24/h2-8,12H,9-10H2,1H3,(H,18,20)/t12-/m1/s1. The Morgan fingerprint density at radius 1 is 1.19 bits per heavy atom. The normalized spacial score (nSPS) is 11.3. The average molecular weight is 376 g/mol. The van der Waals surface area contributed by atoms with Crippen LogP contribution >= 0.6 is 0 Å². The molecule has 0 unspecified atom stereocenters. The van der Waals surface area contributed by atoms with Crippen molar-refractivity contribution < 1.29 is 33.2 Å². The fraction of sp³-hybridized carbons (Fsp3) is 0.235. The third-order valence-electron chi connectivity index (χ3n) is 3.41. The minimum Gasteiger partial charge on any atom is -0.467 e. The highest BCUT2D eigenvalue weighted by Crippen LogP contribution is 2.16. The van der Waals surface area contributed by atoms with Gasteiger partial charge >= 0.3 is 17.8 Å². The minimum absolute atomic E-state index is 0.192. The Labute approximate surface area is 153 Å². The van der Waals surface area contributed by atoms with Crippen LogP contribution in [-0.4, -0.2) is 42.5 Å². The topological polar surface area (TPSA) is 138 Å². The Hall–Kier alpha value is -3.69. The first-order chi connectivity index (χ1) is 12.9. The number of ether oxygens (including phenoxy) is 2. The number of hydrogen-bond acceptors (Lipinski definition) is 8. The van der Waals surface area contributed by atoms with E-state index >= 15 is 0 Å². The molecule has 1 aromatic heterocycles. The lowest BCUT2D eigenvalue weighted by atomic mass is 10.1. The molecule has 1 amide bonds. The molecule has 10 nitrogen and oxygen atoms in total. The first kappa shape index (κ1) is 19.6. The van der Waals surface area contributed by atoms with Crippen molar-refractivity contribution in [2.45, 2.75) is 12.5 Å². The van der Waals surface area contributed by atoms with Crippen LogP contribution in [0, 0.1) is 10.1 Å². The summed E-state index contributed by atoms with van der Waals surface area (Å²) in [6.45, 7) is -0.699. The van der Waals surface area contributed by atoms with Crippen molar-refractivity contribution in [3.63, 3.8) is 0 Å². The van der Waals surface area contributed by atoms with Crippen molar-refractivity contribution >= 4 is 23.7 Å². The zero-order valence-electron chi connectivity index (χ0n) is 14.2. The summed E-state index contributed by atoms with van der Waals surface area (Å²) in [4.78, 5) is 45.3. The number of carbonyl (C=O) groups is 3. The molecule has 0 spiro atoms. The molecule has 10 heteroatoms. The maximum atomic E-state index is 12.0. The highest BCUT2D eigenvalue weighted by molar-refractivity contribution is 5.90. The molecular formula is C17H16N2O8. The summed E-state index contributed by atoms with van der Waals surface area (Å²) in [6, 6.07) is 10.0. The highest BCUT2D eigenvalue weighted by Gasteiger charge is 2.24. The minimum atomic E-state index is -1.05. The third kappa shape index (κ3) is 5.66. The van der Waals surface area contributed by atoms with Crippen molar-refractivity contribution in [2.24, 2.45) is 0 Å². The van der Waals surface area contributed by atoms with E-state index in [1.165, 1.54) is 7.11 Å². The summed E-state index contributed by atoms with van der Waals surface area (Å²) < 4.78 is 14.1. The zero-order valence-corrected chi connectivity index (χ0v) is 14.2. The second-order valence-electron chi connectivity index (χ2n) is 5.30. The molecule has 27 heavy (non-hydrogen) atoms. The summed E-state index contributed by atoms with van der Waals surface area (Å²) in [5.41, 5.74) is 0.799. The van der Waals surface area contributed by atoms with Gasteiger partial charge in [0.2, 0.25) is 5.76 Å². The van der Waals surface area contributed by atoms with E-state index in [2.05, 4.69) is 14.5 Å². The summed E-state index contributed by atoms with van der Waals surface area (Å²) in [5.74, 6) is -3.48. The van der Waals surface area contributed by atoms with Gasteiger partial charge in [-0.05, 0) is 11.6 Å². The van der Waals surface area contributed by atoms with Crippen molar-refractivity contribution in [1.29, 1.82) is 0 Å². The monoisotopic (exact) mass is 376 g/mol. The highest BCUT2D eigenvalue weighted by atomic mass is 16.7. The number of hydrogen-bond donors (Lipinski definition) is 1. The van der Waals surface area contributed by atoms with E-state index in [9.17, 15) is 24.5 Å². The zero-order chi connectivity index (χ0) is 19.8. The number of benzene rings is 1. The number of nitrogens with zero attached hydrogens (tertiary/aromatic N) is 1. The van der Waals surface area contributed by atoms with Gasteiger partial charge in [-0.3, -0.25) is 14.9 Å². The molecule has 1 atom stereocenters. The van der Waals surface area contributed by atoms with Gasteiger partial charge in [0.05, 0.1) is 13.2 Å². The maximum Gasteiger partial charge on any atom is 0.433 e. The summed E-state index contributed by atoms with van der Waals surface area (Å²) in [6.07, 6.45) is 0.192. The van der Waals surface area contributed by atoms with Crippen LogP contribution in [0.15, 0.2) is 46.9 Å². The van der Waals surface area contributed by atoms with Gasteiger partial charge in [-0.15, -0.1) is 0 Å². The predicted octanol–water partition coefficient (Wildman–Crippen LogP) is 1.25. The molecule has 142 valence electrons. The fourth-order valence-corrected chi connectivity index (χ4v) is 2.16. The first-order valence-corrected chi connectivity index (χ1v) is 7.73. The average Bonchev–Trinajstić information content (AvgIpc) is 3.16. The van der Waals surface area contributed by atoms with Gasteiger partial charge in [-0.25, -0.2) is 9.59 Å². The summed E-state index contributed by atoms with van der Waals surface area (Å²) in [5, 5.41) is 12.9. The van der Waals surface area contributed by atoms with Crippen LogP contribution < -0.4 is 5.32 Å². The molecule has 1 heterocycles. The molecule has 2 aromatic rings. The van der Waals surface area contributed by atoms with Gasteiger partial charge in [0.1, 0.15) is 11.0 Å². The van der Waals surface area contributed by atoms with E-state index < -0.39 is 47.1 Å². The van der Waals surface area contributed by atoms with E-state index in [-0.39, 0.29) is 6.42 Å². The number of furan rings is 1. The number of nitrogens with one attached hydrogen (secondary N) is 1. The Balaban J connectivity index is 1.91. The number of esters is 2. The maximum absolute atomic E-state index is 12.0. The number of amides is 1. The number of carbonyl (C=O) groups excluding carboxylic acids is 3. The molecule has 1 N–H and O–H groups in total. The van der Waals surface area contributed by atoms with Crippen LogP contribution in [0.2, 0.25) is 0 Å². The van der Waals surface area contributed by atoms with Crippen molar-refractivity contribution in [3.8, 4) is 0 Å². The molecule has 0 radical (unpaired) electrons. The lowest BCUT2D eigenvalue weighted by molar-refractivity contribution is -0.402. The van der Waals surface area contributed by atoms with Crippen LogP contribution in [0.4, 0.5) is 5.88 Å².